The van der Waals surface area contributed by atoms with E-state index in [1.807, 2.05) is 31.2 Å². The van der Waals surface area contributed by atoms with Crippen molar-refractivity contribution in [3.63, 3.8) is 0 Å². The molecule has 2 aromatic carbocycles. The summed E-state index contributed by atoms with van der Waals surface area (Å²) in [5, 5.41) is 9.40. The lowest BCUT2D eigenvalue weighted by Gasteiger charge is -2.32. The molecule has 2 heterocycles. The highest BCUT2D eigenvalue weighted by Crippen LogP contribution is 2.27. The van der Waals surface area contributed by atoms with Crippen molar-refractivity contribution in [1.82, 2.24) is 9.78 Å². The van der Waals surface area contributed by atoms with Gasteiger partial charge in [-0.2, -0.15) is 5.10 Å². The zero-order valence-corrected chi connectivity index (χ0v) is 17.9. The average Bonchev–Trinajstić information content (AvgIpc) is 2.73. The number of piperidine rings is 1. The van der Waals surface area contributed by atoms with E-state index in [1.54, 1.807) is 18.2 Å². The number of carbonyl (C=O) groups excluding carboxylic acids is 1. The minimum Gasteiger partial charge on any atom is -0.354 e. The monoisotopic (exact) mass is 424 g/mol. The third-order valence-corrected chi connectivity index (χ3v) is 5.96. The first kappa shape index (κ1) is 20.4. The number of anilines is 2. The van der Waals surface area contributed by atoms with E-state index in [0.717, 1.165) is 36.3 Å². The Hall–Kier alpha value is -2.86. The SMILES string of the molecule is Cc1ccc(NC(=O)Cn2nc(N3CCC[C@H](C)C3)c3ccccc3c2=O)cc1Cl. The molecule has 1 atom stereocenters. The van der Waals surface area contributed by atoms with Gasteiger partial charge in [-0.1, -0.05) is 42.8 Å². The maximum Gasteiger partial charge on any atom is 0.275 e. The molecule has 0 spiro atoms. The molecule has 30 heavy (non-hydrogen) atoms. The Balaban J connectivity index is 1.66. The highest BCUT2D eigenvalue weighted by molar-refractivity contribution is 6.31. The number of halogens is 1. The molecular formula is C23H25ClN4O2. The third-order valence-electron chi connectivity index (χ3n) is 5.55. The number of nitrogens with zero attached hydrogens (tertiary/aromatic N) is 3. The van der Waals surface area contributed by atoms with E-state index in [0.29, 0.717) is 22.0 Å². The second-order valence-electron chi connectivity index (χ2n) is 8.04. The summed E-state index contributed by atoms with van der Waals surface area (Å²) < 4.78 is 1.27. The van der Waals surface area contributed by atoms with Gasteiger partial charge in [-0.3, -0.25) is 9.59 Å². The average molecular weight is 425 g/mol. The zero-order chi connectivity index (χ0) is 21.3. The molecular weight excluding hydrogens is 400 g/mol. The van der Waals surface area contributed by atoms with Gasteiger partial charge in [0.1, 0.15) is 6.54 Å². The maximum absolute atomic E-state index is 13.0. The van der Waals surface area contributed by atoms with E-state index in [-0.39, 0.29) is 18.0 Å². The molecule has 4 rings (SSSR count). The molecule has 0 radical (unpaired) electrons. The number of aromatic nitrogens is 2. The first-order valence-electron chi connectivity index (χ1n) is 10.2. The van der Waals surface area contributed by atoms with Gasteiger partial charge in [0.25, 0.3) is 5.56 Å². The highest BCUT2D eigenvalue weighted by Gasteiger charge is 2.22. The number of amides is 1. The second kappa shape index (κ2) is 8.48. The van der Waals surface area contributed by atoms with Gasteiger partial charge in [0, 0.05) is 29.2 Å². The van der Waals surface area contributed by atoms with E-state index in [9.17, 15) is 9.59 Å². The fourth-order valence-electron chi connectivity index (χ4n) is 3.95. The predicted octanol–water partition coefficient (Wildman–Crippen LogP) is 4.23. The largest absolute Gasteiger partial charge is 0.354 e. The topological polar surface area (TPSA) is 67.2 Å². The maximum atomic E-state index is 13.0. The summed E-state index contributed by atoms with van der Waals surface area (Å²) in [4.78, 5) is 27.9. The summed E-state index contributed by atoms with van der Waals surface area (Å²) in [6.07, 6.45) is 2.28. The molecule has 1 amide bonds. The lowest BCUT2D eigenvalue weighted by atomic mass is 10.00. The van der Waals surface area contributed by atoms with E-state index in [2.05, 4.69) is 22.2 Å². The molecule has 3 aromatic rings. The van der Waals surface area contributed by atoms with Gasteiger partial charge in [-0.25, -0.2) is 4.68 Å². The van der Waals surface area contributed by atoms with Crippen LogP contribution in [-0.2, 0) is 11.3 Å². The Labute approximate surface area is 180 Å². The summed E-state index contributed by atoms with van der Waals surface area (Å²) in [6.45, 7) is 5.75. The fourth-order valence-corrected chi connectivity index (χ4v) is 4.13. The van der Waals surface area contributed by atoms with E-state index >= 15 is 0 Å². The van der Waals surface area contributed by atoms with E-state index < -0.39 is 0 Å². The van der Waals surface area contributed by atoms with Crippen LogP contribution in [0.3, 0.4) is 0 Å². The number of nitrogens with one attached hydrogen (secondary N) is 1. The van der Waals surface area contributed by atoms with Crippen LogP contribution in [0.15, 0.2) is 47.3 Å². The fraction of sp³-hybridized carbons (Fsp3) is 0.348. The number of benzene rings is 2. The number of hydrogen-bond donors (Lipinski definition) is 1. The quantitative estimate of drug-likeness (QED) is 0.680. The second-order valence-corrected chi connectivity index (χ2v) is 8.44. The van der Waals surface area contributed by atoms with Gasteiger partial charge < -0.3 is 10.2 Å². The smallest absolute Gasteiger partial charge is 0.275 e. The van der Waals surface area contributed by atoms with Crippen LogP contribution >= 0.6 is 11.6 Å². The van der Waals surface area contributed by atoms with Crippen LogP contribution in [0.2, 0.25) is 5.02 Å². The Morgan fingerprint density at radius 3 is 2.73 bits per heavy atom. The molecule has 6 nitrogen and oxygen atoms in total. The van der Waals surface area contributed by atoms with Gasteiger partial charge in [-0.15, -0.1) is 0 Å². The summed E-state index contributed by atoms with van der Waals surface area (Å²) in [7, 11) is 0. The normalized spacial score (nSPS) is 16.6. The van der Waals surface area contributed by atoms with Crippen molar-refractivity contribution in [3.05, 3.63) is 63.4 Å². The molecule has 1 N–H and O–H groups in total. The first-order valence-corrected chi connectivity index (χ1v) is 10.6. The zero-order valence-electron chi connectivity index (χ0n) is 17.2. The number of aryl methyl sites for hydroxylation is 1. The van der Waals surface area contributed by atoms with Crippen molar-refractivity contribution in [2.45, 2.75) is 33.2 Å². The van der Waals surface area contributed by atoms with Crippen molar-refractivity contribution in [3.8, 4) is 0 Å². The van der Waals surface area contributed by atoms with Gasteiger partial charge >= 0.3 is 0 Å². The van der Waals surface area contributed by atoms with Gasteiger partial charge in [0.2, 0.25) is 5.91 Å². The molecule has 1 saturated heterocycles. The molecule has 0 unspecified atom stereocenters. The van der Waals surface area contributed by atoms with Crippen LogP contribution in [0.5, 0.6) is 0 Å². The molecule has 1 aliphatic rings. The third kappa shape index (κ3) is 4.19. The summed E-state index contributed by atoms with van der Waals surface area (Å²) in [5.41, 5.74) is 1.26. The van der Waals surface area contributed by atoms with Crippen LogP contribution in [0.1, 0.15) is 25.3 Å². The molecule has 0 bridgehead atoms. The molecule has 1 aliphatic heterocycles. The summed E-state index contributed by atoms with van der Waals surface area (Å²) >= 11 is 6.14. The number of hydrogen-bond acceptors (Lipinski definition) is 4. The molecule has 1 fully saturated rings. The number of carbonyl (C=O) groups is 1. The first-order chi connectivity index (χ1) is 14.4. The van der Waals surface area contributed by atoms with Crippen LogP contribution < -0.4 is 15.8 Å². The standard InChI is InChI=1S/C23H25ClN4O2/c1-15-6-5-11-27(13-15)22-18-7-3-4-8-19(18)23(30)28(26-22)14-21(29)25-17-10-9-16(2)20(24)12-17/h3-4,7-10,12,15H,5-6,11,13-14H2,1-2H3,(H,25,29)/t15-/m0/s1. The predicted molar refractivity (Wildman–Crippen MR) is 121 cm³/mol. The summed E-state index contributed by atoms with van der Waals surface area (Å²) in [5.74, 6) is 1.01. The Morgan fingerprint density at radius 2 is 2.00 bits per heavy atom. The highest BCUT2D eigenvalue weighted by atomic mass is 35.5. The van der Waals surface area contributed by atoms with Crippen molar-refractivity contribution in [1.29, 1.82) is 0 Å². The van der Waals surface area contributed by atoms with Crippen molar-refractivity contribution >= 4 is 39.8 Å². The Bertz CT molecular complexity index is 1160. The van der Waals surface area contributed by atoms with Crippen LogP contribution in [0, 0.1) is 12.8 Å². The van der Waals surface area contributed by atoms with Gasteiger partial charge in [-0.05, 0) is 49.4 Å². The Morgan fingerprint density at radius 1 is 1.23 bits per heavy atom. The van der Waals surface area contributed by atoms with Crippen molar-refractivity contribution in [2.24, 2.45) is 5.92 Å². The molecule has 156 valence electrons. The Kier molecular flexibility index (Phi) is 5.77. The summed E-state index contributed by atoms with van der Waals surface area (Å²) in [6, 6.07) is 12.8. The number of fused-ring (bicyclic) bond motifs is 1. The minimum absolute atomic E-state index is 0.161. The molecule has 0 saturated carbocycles. The molecule has 7 heteroatoms. The minimum atomic E-state index is -0.322. The van der Waals surface area contributed by atoms with E-state index in [4.69, 9.17) is 11.6 Å². The lowest BCUT2D eigenvalue weighted by molar-refractivity contribution is -0.117. The van der Waals surface area contributed by atoms with Crippen LogP contribution in [0.4, 0.5) is 11.5 Å². The van der Waals surface area contributed by atoms with Crippen molar-refractivity contribution in [2.75, 3.05) is 23.3 Å². The van der Waals surface area contributed by atoms with Gasteiger partial charge in [0.05, 0.1) is 5.39 Å². The van der Waals surface area contributed by atoms with Crippen LogP contribution in [0.25, 0.3) is 10.8 Å². The van der Waals surface area contributed by atoms with Crippen LogP contribution in [-0.4, -0.2) is 28.8 Å². The van der Waals surface area contributed by atoms with E-state index in [1.165, 1.54) is 11.1 Å². The molecule has 1 aromatic heterocycles. The van der Waals surface area contributed by atoms with Crippen molar-refractivity contribution < 1.29 is 4.79 Å². The molecule has 0 aliphatic carbocycles. The van der Waals surface area contributed by atoms with Gasteiger partial charge in [0.15, 0.2) is 5.82 Å². The lowest BCUT2D eigenvalue weighted by Crippen LogP contribution is -2.38. The number of rotatable bonds is 4.